The van der Waals surface area contributed by atoms with E-state index in [-0.39, 0.29) is 17.5 Å². The molecule has 1 aliphatic carbocycles. The van der Waals surface area contributed by atoms with E-state index in [9.17, 15) is 20.0 Å². The topological polar surface area (TPSA) is 83.7 Å². The summed E-state index contributed by atoms with van der Waals surface area (Å²) >= 11 is 0. The van der Waals surface area contributed by atoms with Gasteiger partial charge in [0.2, 0.25) is 5.91 Å². The van der Waals surface area contributed by atoms with Gasteiger partial charge in [-0.3, -0.25) is 14.9 Å². The Balaban J connectivity index is 1.65. The molecular formula is C18H22N2O4. The number of hydrogen-bond acceptors (Lipinski definition) is 4. The predicted molar refractivity (Wildman–Crippen MR) is 90.2 cm³/mol. The standard InChI is InChI=1S/C18H22N2O4/c21-17(8-7-14-4-3-6-16(12-14)20(23)24)19-11-10-18(22)9-2-1-5-15(18)13-19/h3-4,6-8,12,15,22H,1-2,5,9-11,13H2/b8-7+/t15-,18-/m1/s1. The average molecular weight is 330 g/mol. The second-order valence-electron chi connectivity index (χ2n) is 6.77. The van der Waals surface area contributed by atoms with E-state index in [1.807, 2.05) is 0 Å². The van der Waals surface area contributed by atoms with Crippen molar-refractivity contribution >= 4 is 17.7 Å². The number of aliphatic hydroxyl groups is 1. The molecule has 1 aromatic rings. The molecule has 1 saturated carbocycles. The molecule has 0 unspecified atom stereocenters. The van der Waals surface area contributed by atoms with E-state index >= 15 is 0 Å². The summed E-state index contributed by atoms with van der Waals surface area (Å²) in [5.74, 6) is 0.0595. The Hall–Kier alpha value is -2.21. The van der Waals surface area contributed by atoms with Crippen LogP contribution < -0.4 is 0 Å². The summed E-state index contributed by atoms with van der Waals surface area (Å²) in [4.78, 5) is 24.5. The van der Waals surface area contributed by atoms with E-state index in [1.54, 1.807) is 23.1 Å². The lowest BCUT2D eigenvalue weighted by Gasteiger charge is -2.47. The van der Waals surface area contributed by atoms with Crippen molar-refractivity contribution < 1.29 is 14.8 Å². The van der Waals surface area contributed by atoms with Crippen LogP contribution >= 0.6 is 0 Å². The van der Waals surface area contributed by atoms with Crippen LogP contribution in [0.5, 0.6) is 0 Å². The largest absolute Gasteiger partial charge is 0.389 e. The number of amides is 1. The Morgan fingerprint density at radius 3 is 3.00 bits per heavy atom. The maximum Gasteiger partial charge on any atom is 0.270 e. The molecule has 3 rings (SSSR count). The lowest BCUT2D eigenvalue weighted by atomic mass is 9.71. The maximum atomic E-state index is 12.4. The molecule has 1 aromatic carbocycles. The Bertz CT molecular complexity index is 673. The van der Waals surface area contributed by atoms with Gasteiger partial charge in [-0.15, -0.1) is 0 Å². The number of hydrogen-bond donors (Lipinski definition) is 1. The summed E-state index contributed by atoms with van der Waals surface area (Å²) in [7, 11) is 0. The van der Waals surface area contributed by atoms with Crippen molar-refractivity contribution in [1.82, 2.24) is 4.90 Å². The van der Waals surface area contributed by atoms with Crippen molar-refractivity contribution in [2.45, 2.75) is 37.7 Å². The van der Waals surface area contributed by atoms with E-state index in [0.717, 1.165) is 25.7 Å². The second-order valence-corrected chi connectivity index (χ2v) is 6.77. The molecule has 2 fully saturated rings. The number of nitro groups is 1. The first-order chi connectivity index (χ1) is 11.5. The molecular weight excluding hydrogens is 308 g/mol. The molecule has 0 radical (unpaired) electrons. The van der Waals surface area contributed by atoms with E-state index in [4.69, 9.17) is 0 Å². The summed E-state index contributed by atoms with van der Waals surface area (Å²) in [6, 6.07) is 6.20. The lowest BCUT2D eigenvalue weighted by molar-refractivity contribution is -0.384. The highest BCUT2D eigenvalue weighted by atomic mass is 16.6. The number of non-ortho nitro benzene ring substituents is 1. The van der Waals surface area contributed by atoms with Crippen LogP contribution in [0.15, 0.2) is 30.3 Å². The van der Waals surface area contributed by atoms with Gasteiger partial charge in [0.15, 0.2) is 0 Å². The molecule has 128 valence electrons. The summed E-state index contributed by atoms with van der Waals surface area (Å²) in [6.45, 7) is 1.15. The Kier molecular flexibility index (Phi) is 4.66. The third-order valence-corrected chi connectivity index (χ3v) is 5.24. The molecule has 1 aliphatic heterocycles. The molecule has 6 nitrogen and oxygen atoms in total. The number of rotatable bonds is 3. The first-order valence-electron chi connectivity index (χ1n) is 8.42. The first kappa shape index (κ1) is 16.6. The zero-order valence-electron chi connectivity index (χ0n) is 13.6. The third kappa shape index (κ3) is 3.48. The maximum absolute atomic E-state index is 12.4. The van der Waals surface area contributed by atoms with Crippen LogP contribution in [0.3, 0.4) is 0 Å². The van der Waals surface area contributed by atoms with Gasteiger partial charge in [0.05, 0.1) is 10.5 Å². The smallest absolute Gasteiger partial charge is 0.270 e. The number of carbonyl (C=O) groups is 1. The quantitative estimate of drug-likeness (QED) is 0.525. The van der Waals surface area contributed by atoms with Crippen LogP contribution in [-0.4, -0.2) is 39.5 Å². The van der Waals surface area contributed by atoms with Gasteiger partial charge < -0.3 is 10.0 Å². The molecule has 1 heterocycles. The van der Waals surface area contributed by atoms with E-state index < -0.39 is 10.5 Å². The highest BCUT2D eigenvalue weighted by molar-refractivity contribution is 5.92. The van der Waals surface area contributed by atoms with E-state index in [2.05, 4.69) is 0 Å². The highest BCUT2D eigenvalue weighted by Gasteiger charge is 2.43. The number of fused-ring (bicyclic) bond motifs is 1. The SMILES string of the molecule is O=C(/C=C/c1cccc([N+](=O)[O-])c1)N1CC[C@]2(O)CCCC[C@@H]2C1. The molecule has 0 bridgehead atoms. The van der Waals surface area contributed by atoms with Gasteiger partial charge >= 0.3 is 0 Å². The van der Waals surface area contributed by atoms with Crippen molar-refractivity contribution in [3.8, 4) is 0 Å². The number of piperidine rings is 1. The van der Waals surface area contributed by atoms with Crippen molar-refractivity contribution in [3.63, 3.8) is 0 Å². The van der Waals surface area contributed by atoms with Crippen LogP contribution in [-0.2, 0) is 4.79 Å². The van der Waals surface area contributed by atoms with Gasteiger partial charge in [-0.05, 0) is 30.9 Å². The number of likely N-dealkylation sites (tertiary alicyclic amines) is 1. The van der Waals surface area contributed by atoms with Crippen LogP contribution in [0, 0.1) is 16.0 Å². The van der Waals surface area contributed by atoms with Gasteiger partial charge in [0.25, 0.3) is 5.69 Å². The van der Waals surface area contributed by atoms with Crippen molar-refractivity contribution in [3.05, 3.63) is 46.0 Å². The number of nitrogens with zero attached hydrogens (tertiary/aromatic N) is 2. The minimum Gasteiger partial charge on any atom is -0.389 e. The molecule has 1 saturated heterocycles. The van der Waals surface area contributed by atoms with Gasteiger partial charge in [0.1, 0.15) is 0 Å². The fourth-order valence-electron chi connectivity index (χ4n) is 3.79. The second kappa shape index (κ2) is 6.73. The van der Waals surface area contributed by atoms with Crippen LogP contribution in [0.25, 0.3) is 6.08 Å². The third-order valence-electron chi connectivity index (χ3n) is 5.24. The number of carbonyl (C=O) groups excluding carboxylic acids is 1. The molecule has 2 atom stereocenters. The molecule has 0 spiro atoms. The van der Waals surface area contributed by atoms with Gasteiger partial charge in [-0.25, -0.2) is 0 Å². The van der Waals surface area contributed by atoms with Crippen LogP contribution in [0.1, 0.15) is 37.7 Å². The van der Waals surface area contributed by atoms with Crippen molar-refractivity contribution in [1.29, 1.82) is 0 Å². The molecule has 1 N–H and O–H groups in total. The molecule has 24 heavy (non-hydrogen) atoms. The normalized spacial score (nSPS) is 27.0. The highest BCUT2D eigenvalue weighted by Crippen LogP contribution is 2.39. The Labute approximate surface area is 140 Å². The van der Waals surface area contributed by atoms with E-state index in [1.165, 1.54) is 18.2 Å². The fourth-order valence-corrected chi connectivity index (χ4v) is 3.79. The summed E-state index contributed by atoms with van der Waals surface area (Å²) in [6.07, 6.45) is 7.68. The minimum absolute atomic E-state index is 0.00911. The number of nitro benzene ring substituents is 1. The molecule has 6 heteroatoms. The zero-order chi connectivity index (χ0) is 17.2. The average Bonchev–Trinajstić information content (AvgIpc) is 2.59. The minimum atomic E-state index is -0.598. The molecule has 0 aromatic heterocycles. The van der Waals surface area contributed by atoms with Gasteiger partial charge in [-0.2, -0.15) is 0 Å². The molecule has 2 aliphatic rings. The Morgan fingerprint density at radius 1 is 1.38 bits per heavy atom. The summed E-state index contributed by atoms with van der Waals surface area (Å²) in [5.41, 5.74) is 0.0391. The van der Waals surface area contributed by atoms with Crippen molar-refractivity contribution in [2.24, 2.45) is 5.92 Å². The first-order valence-corrected chi connectivity index (χ1v) is 8.42. The van der Waals surface area contributed by atoms with E-state index in [0.29, 0.717) is 25.1 Å². The zero-order valence-corrected chi connectivity index (χ0v) is 13.6. The monoisotopic (exact) mass is 330 g/mol. The van der Waals surface area contributed by atoms with Gasteiger partial charge in [-0.1, -0.05) is 25.0 Å². The Morgan fingerprint density at radius 2 is 2.21 bits per heavy atom. The lowest BCUT2D eigenvalue weighted by Crippen LogP contribution is -2.54. The summed E-state index contributed by atoms with van der Waals surface area (Å²) in [5, 5.41) is 21.4. The predicted octanol–water partition coefficient (Wildman–Crippen LogP) is 2.76. The fraction of sp³-hybridized carbons (Fsp3) is 0.500. The molecule has 1 amide bonds. The number of benzene rings is 1. The summed E-state index contributed by atoms with van der Waals surface area (Å²) < 4.78 is 0. The van der Waals surface area contributed by atoms with Crippen LogP contribution in [0.4, 0.5) is 5.69 Å². The van der Waals surface area contributed by atoms with Gasteiger partial charge in [0, 0.05) is 37.2 Å². The van der Waals surface area contributed by atoms with Crippen molar-refractivity contribution in [2.75, 3.05) is 13.1 Å². The van der Waals surface area contributed by atoms with Crippen LogP contribution in [0.2, 0.25) is 0 Å².